The van der Waals surface area contributed by atoms with E-state index in [1.54, 1.807) is 23.1 Å². The quantitative estimate of drug-likeness (QED) is 0.677. The van der Waals surface area contributed by atoms with E-state index in [4.69, 9.17) is 11.6 Å². The van der Waals surface area contributed by atoms with Gasteiger partial charge in [0.2, 0.25) is 0 Å². The van der Waals surface area contributed by atoms with E-state index in [1.807, 2.05) is 0 Å². The number of amides is 1. The van der Waals surface area contributed by atoms with E-state index in [-0.39, 0.29) is 30.5 Å². The van der Waals surface area contributed by atoms with Crippen molar-refractivity contribution in [2.75, 3.05) is 24.6 Å². The van der Waals surface area contributed by atoms with E-state index < -0.39 is 9.84 Å². The molecule has 7 heteroatoms. The highest BCUT2D eigenvalue weighted by atomic mass is 127. The second kappa shape index (κ2) is 5.34. The number of sulfone groups is 1. The third-order valence-electron chi connectivity index (χ3n) is 2.79. The molecule has 1 aliphatic rings. The van der Waals surface area contributed by atoms with Crippen molar-refractivity contribution < 1.29 is 13.2 Å². The highest BCUT2D eigenvalue weighted by molar-refractivity contribution is 14.1. The number of hydrogen-bond donors (Lipinski definition) is 0. The van der Waals surface area contributed by atoms with Crippen molar-refractivity contribution in [1.29, 1.82) is 0 Å². The van der Waals surface area contributed by atoms with Crippen LogP contribution in [-0.2, 0) is 9.84 Å². The van der Waals surface area contributed by atoms with Crippen molar-refractivity contribution in [3.8, 4) is 0 Å². The molecule has 1 saturated heterocycles. The number of halogens is 2. The molecule has 1 aliphatic heterocycles. The molecule has 0 N–H and O–H groups in total. The summed E-state index contributed by atoms with van der Waals surface area (Å²) < 4.78 is 23.4. The maximum Gasteiger partial charge on any atom is 0.255 e. The first-order chi connectivity index (χ1) is 8.39. The van der Waals surface area contributed by atoms with Gasteiger partial charge in [0.05, 0.1) is 17.1 Å². The minimum absolute atomic E-state index is 0.0376. The Morgan fingerprint density at radius 1 is 1.28 bits per heavy atom. The lowest BCUT2D eigenvalue weighted by molar-refractivity contribution is 0.0769. The molecular weight excluding hydrogens is 389 g/mol. The van der Waals surface area contributed by atoms with Gasteiger partial charge in [-0.05, 0) is 40.8 Å². The van der Waals surface area contributed by atoms with Crippen LogP contribution in [0.2, 0.25) is 5.02 Å². The Kier molecular flexibility index (Phi) is 4.18. The summed E-state index contributed by atoms with van der Waals surface area (Å²) in [7, 11) is -2.97. The Morgan fingerprint density at radius 3 is 2.50 bits per heavy atom. The summed E-state index contributed by atoms with van der Waals surface area (Å²) >= 11 is 7.95. The SMILES string of the molecule is O=C(c1cc(Cl)ccc1I)N1CCS(=O)(=O)CC1. The van der Waals surface area contributed by atoms with Crippen LogP contribution >= 0.6 is 34.2 Å². The van der Waals surface area contributed by atoms with Crippen LogP contribution in [0.1, 0.15) is 10.4 Å². The topological polar surface area (TPSA) is 54.5 Å². The molecule has 1 heterocycles. The second-order valence-electron chi connectivity index (χ2n) is 4.07. The summed E-state index contributed by atoms with van der Waals surface area (Å²) in [5, 5.41) is 0.503. The van der Waals surface area contributed by atoms with Gasteiger partial charge in [0.1, 0.15) is 0 Å². The smallest absolute Gasteiger partial charge is 0.255 e. The molecule has 0 bridgehead atoms. The highest BCUT2D eigenvalue weighted by Crippen LogP contribution is 2.20. The zero-order chi connectivity index (χ0) is 13.3. The maximum absolute atomic E-state index is 12.3. The van der Waals surface area contributed by atoms with Gasteiger partial charge in [-0.1, -0.05) is 11.6 Å². The largest absolute Gasteiger partial charge is 0.337 e. The number of rotatable bonds is 1. The monoisotopic (exact) mass is 399 g/mol. The average Bonchev–Trinajstić information content (AvgIpc) is 2.31. The highest BCUT2D eigenvalue weighted by Gasteiger charge is 2.26. The first-order valence-corrected chi connectivity index (χ1v) is 8.61. The molecule has 1 aromatic rings. The lowest BCUT2D eigenvalue weighted by Crippen LogP contribution is -2.43. The number of hydrogen-bond acceptors (Lipinski definition) is 3. The Bertz CT molecular complexity index is 574. The fraction of sp³-hybridized carbons (Fsp3) is 0.364. The fourth-order valence-electron chi connectivity index (χ4n) is 1.75. The summed E-state index contributed by atoms with van der Waals surface area (Å²) in [5.41, 5.74) is 0.530. The van der Waals surface area contributed by atoms with Crippen molar-refractivity contribution in [2.24, 2.45) is 0 Å². The van der Waals surface area contributed by atoms with E-state index in [0.717, 1.165) is 3.57 Å². The minimum Gasteiger partial charge on any atom is -0.337 e. The van der Waals surface area contributed by atoms with Gasteiger partial charge in [0, 0.05) is 21.7 Å². The van der Waals surface area contributed by atoms with Crippen LogP contribution in [0.3, 0.4) is 0 Å². The Morgan fingerprint density at radius 2 is 1.89 bits per heavy atom. The predicted octanol–water partition coefficient (Wildman–Crippen LogP) is 1.82. The molecular formula is C11H11ClINO3S. The van der Waals surface area contributed by atoms with Gasteiger partial charge in [-0.2, -0.15) is 0 Å². The molecule has 0 aromatic heterocycles. The fourth-order valence-corrected chi connectivity index (χ4v) is 3.69. The summed E-state index contributed by atoms with van der Waals surface area (Å²) in [4.78, 5) is 13.8. The standard InChI is InChI=1S/C11H11ClINO3S/c12-8-1-2-10(13)9(7-8)11(15)14-3-5-18(16,17)6-4-14/h1-2,7H,3-6H2. The number of nitrogens with zero attached hydrogens (tertiary/aromatic N) is 1. The lowest BCUT2D eigenvalue weighted by atomic mass is 10.2. The Hall–Kier alpha value is -0.340. The maximum atomic E-state index is 12.3. The van der Waals surface area contributed by atoms with Gasteiger partial charge in [0.25, 0.3) is 5.91 Å². The van der Waals surface area contributed by atoms with Crippen LogP contribution in [0.4, 0.5) is 0 Å². The van der Waals surface area contributed by atoms with E-state index in [0.29, 0.717) is 10.6 Å². The van der Waals surface area contributed by atoms with E-state index >= 15 is 0 Å². The molecule has 0 spiro atoms. The van der Waals surface area contributed by atoms with E-state index in [2.05, 4.69) is 22.6 Å². The molecule has 1 aromatic carbocycles. The zero-order valence-electron chi connectivity index (χ0n) is 9.40. The summed E-state index contributed by atoms with van der Waals surface area (Å²) in [6.07, 6.45) is 0. The van der Waals surface area contributed by atoms with Gasteiger partial charge >= 0.3 is 0 Å². The van der Waals surface area contributed by atoms with Crippen LogP contribution in [0, 0.1) is 3.57 Å². The lowest BCUT2D eigenvalue weighted by Gasteiger charge is -2.27. The first kappa shape index (κ1) is 14.1. The van der Waals surface area contributed by atoms with Crippen LogP contribution < -0.4 is 0 Å². The molecule has 18 heavy (non-hydrogen) atoms. The van der Waals surface area contributed by atoms with Crippen molar-refractivity contribution in [3.05, 3.63) is 32.4 Å². The minimum atomic E-state index is -2.97. The Labute approximate surface area is 124 Å². The number of carbonyl (C=O) groups is 1. The van der Waals surface area contributed by atoms with Crippen LogP contribution in [0.15, 0.2) is 18.2 Å². The molecule has 4 nitrogen and oxygen atoms in total. The normalized spacial score (nSPS) is 18.7. The van der Waals surface area contributed by atoms with E-state index in [1.165, 1.54) is 0 Å². The molecule has 1 amide bonds. The van der Waals surface area contributed by atoms with Gasteiger partial charge in [0.15, 0.2) is 9.84 Å². The van der Waals surface area contributed by atoms with Crippen molar-refractivity contribution in [1.82, 2.24) is 4.90 Å². The van der Waals surface area contributed by atoms with Gasteiger partial charge < -0.3 is 4.90 Å². The summed E-state index contributed by atoms with van der Waals surface area (Å²) in [6.45, 7) is 0.507. The molecule has 98 valence electrons. The third kappa shape index (κ3) is 3.16. The summed E-state index contributed by atoms with van der Waals surface area (Å²) in [5.74, 6) is -0.0806. The van der Waals surface area contributed by atoms with Crippen LogP contribution in [0.25, 0.3) is 0 Å². The molecule has 0 unspecified atom stereocenters. The number of benzene rings is 1. The third-order valence-corrected chi connectivity index (χ3v) is 5.58. The second-order valence-corrected chi connectivity index (χ2v) is 7.97. The van der Waals surface area contributed by atoms with Crippen LogP contribution in [-0.4, -0.2) is 43.8 Å². The molecule has 2 rings (SSSR count). The van der Waals surface area contributed by atoms with Crippen molar-refractivity contribution >= 4 is 49.9 Å². The van der Waals surface area contributed by atoms with Crippen molar-refractivity contribution in [3.63, 3.8) is 0 Å². The van der Waals surface area contributed by atoms with Gasteiger partial charge in [-0.15, -0.1) is 0 Å². The predicted molar refractivity (Wildman–Crippen MR) is 78.7 cm³/mol. The zero-order valence-corrected chi connectivity index (χ0v) is 13.1. The van der Waals surface area contributed by atoms with Crippen LogP contribution in [0.5, 0.6) is 0 Å². The van der Waals surface area contributed by atoms with Gasteiger partial charge in [-0.3, -0.25) is 4.79 Å². The van der Waals surface area contributed by atoms with Crippen molar-refractivity contribution in [2.45, 2.75) is 0 Å². The first-order valence-electron chi connectivity index (χ1n) is 5.34. The summed E-state index contributed by atoms with van der Waals surface area (Å²) in [6, 6.07) is 5.12. The number of carbonyl (C=O) groups excluding carboxylic acids is 1. The molecule has 0 radical (unpaired) electrons. The molecule has 0 saturated carbocycles. The van der Waals surface area contributed by atoms with E-state index in [9.17, 15) is 13.2 Å². The molecule has 0 aliphatic carbocycles. The molecule has 0 atom stereocenters. The Balaban J connectivity index is 2.20. The van der Waals surface area contributed by atoms with Gasteiger partial charge in [-0.25, -0.2) is 8.42 Å². The molecule has 1 fully saturated rings. The average molecular weight is 400 g/mol.